The summed E-state index contributed by atoms with van der Waals surface area (Å²) >= 11 is 1.33. The third kappa shape index (κ3) is 28.4. The number of anilines is 1. The molecule has 114 heavy (non-hydrogen) atoms. The molecule has 6 rings (SSSR count). The number of rotatable bonds is 31. The van der Waals surface area contributed by atoms with Gasteiger partial charge in [0.1, 0.15) is 67.4 Å². The maximum atomic E-state index is 14.3. The zero-order valence-corrected chi connectivity index (χ0v) is 64.7. The van der Waals surface area contributed by atoms with E-state index in [0.717, 1.165) is 18.5 Å². The van der Waals surface area contributed by atoms with Gasteiger partial charge in [0.2, 0.25) is 76.8 Å². The molecule has 3 heterocycles. The Morgan fingerprint density at radius 3 is 1.92 bits per heavy atom. The zero-order chi connectivity index (χ0) is 83.7. The lowest BCUT2D eigenvalue weighted by atomic mass is 10.0. The first-order valence-electron chi connectivity index (χ1n) is 36.7. The van der Waals surface area contributed by atoms with Gasteiger partial charge in [-0.15, -0.1) is 0 Å². The fraction of sp³-hybridized carbons (Fsp3) is 0.446. The lowest BCUT2D eigenvalue weighted by Gasteiger charge is -2.28. The van der Waals surface area contributed by atoms with E-state index in [2.05, 4.69) is 84.5 Å². The number of carbonyl (C=O) groups is 15. The maximum absolute atomic E-state index is 14.3. The fourth-order valence-electron chi connectivity index (χ4n) is 11.3. The number of amides is 14. The molecule has 1 aliphatic heterocycles. The number of nitrogens with one attached hydrogen (secondary N) is 14. The van der Waals surface area contributed by atoms with Crippen molar-refractivity contribution in [1.82, 2.24) is 83.9 Å². The molecule has 24 N–H and O–H groups in total. The fourth-order valence-corrected chi connectivity index (χ4v) is 12.3. The van der Waals surface area contributed by atoms with Crippen LogP contribution < -0.4 is 97.4 Å². The molecule has 1 aliphatic rings. The highest BCUT2D eigenvalue weighted by Gasteiger charge is 2.37. The second kappa shape index (κ2) is 45.6. The van der Waals surface area contributed by atoms with Gasteiger partial charge in [-0.3, -0.25) is 72.1 Å². The van der Waals surface area contributed by atoms with Gasteiger partial charge in [0.25, 0.3) is 5.91 Å². The van der Waals surface area contributed by atoms with Crippen molar-refractivity contribution in [3.05, 3.63) is 114 Å². The molecule has 0 saturated carbocycles. The van der Waals surface area contributed by atoms with Crippen LogP contribution in [-0.2, 0) is 73.7 Å². The first-order valence-corrected chi connectivity index (χ1v) is 37.6. The van der Waals surface area contributed by atoms with Gasteiger partial charge in [0, 0.05) is 40.7 Å². The van der Waals surface area contributed by atoms with Gasteiger partial charge in [-0.05, 0) is 164 Å². The average Bonchev–Trinajstić information content (AvgIpc) is 1.63. The molecule has 0 aliphatic carbocycles. The van der Waals surface area contributed by atoms with Gasteiger partial charge in [-0.25, -0.2) is 4.79 Å². The van der Waals surface area contributed by atoms with E-state index in [1.807, 2.05) is 36.4 Å². The molecule has 1 unspecified atom stereocenters. The number of nitrogens with two attached hydrogens (primary N) is 4. The molecule has 0 bridgehead atoms. The highest BCUT2D eigenvalue weighted by Crippen LogP contribution is 2.34. The van der Waals surface area contributed by atoms with Gasteiger partial charge < -0.3 is 112 Å². The summed E-state index contributed by atoms with van der Waals surface area (Å²) in [5.74, 6) is -13.2. The molecule has 5 aromatic rings. The van der Waals surface area contributed by atoms with E-state index in [1.165, 1.54) is 30.8 Å². The van der Waals surface area contributed by atoms with Crippen molar-refractivity contribution in [1.29, 1.82) is 0 Å². The molecular formula is C74H101N21O18S. The molecule has 11 atom stereocenters. The summed E-state index contributed by atoms with van der Waals surface area (Å²) in [7, 11) is 1.54. The summed E-state index contributed by atoms with van der Waals surface area (Å²) in [5.41, 5.74) is 26.1. The first kappa shape index (κ1) is 91.1. The van der Waals surface area contributed by atoms with Crippen molar-refractivity contribution < 1.29 is 86.9 Å². The number of fused-ring (bicyclic) bond motifs is 1. The van der Waals surface area contributed by atoms with Crippen LogP contribution in [0.15, 0.2) is 101 Å². The van der Waals surface area contributed by atoms with Crippen LogP contribution >= 0.6 is 11.8 Å². The van der Waals surface area contributed by atoms with E-state index in [9.17, 15) is 82.1 Å². The number of hydrogen-bond donors (Lipinski definition) is 20. The second-order valence-electron chi connectivity index (χ2n) is 26.9. The number of benzene rings is 3. The number of ether oxygens (including phenoxy) is 1. The molecule has 1 fully saturated rings. The Balaban J connectivity index is 1.04. The quantitative estimate of drug-likeness (QED) is 0.0188. The van der Waals surface area contributed by atoms with Gasteiger partial charge in [0.05, 0.1) is 47.8 Å². The van der Waals surface area contributed by atoms with E-state index in [0.29, 0.717) is 48.9 Å². The lowest BCUT2D eigenvalue weighted by molar-refractivity contribution is -0.137. The maximum Gasteiger partial charge on any atom is 0.435 e. The molecular weight excluding hydrogens is 1500 g/mol. The number of aliphatic hydroxyl groups excluding tert-OH is 2. The van der Waals surface area contributed by atoms with E-state index in [1.54, 1.807) is 75.6 Å². The Kier molecular flexibility index (Phi) is 36.4. The van der Waals surface area contributed by atoms with Crippen molar-refractivity contribution in [3.8, 4) is 0 Å². The average molecular weight is 1600 g/mol. The Morgan fingerprint density at radius 2 is 1.30 bits per heavy atom. The number of pyridine rings is 1. The zero-order valence-electron chi connectivity index (χ0n) is 63.8. The number of aliphatic hydroxyl groups is 2. The van der Waals surface area contributed by atoms with Crippen molar-refractivity contribution in [2.24, 2.45) is 28.9 Å². The van der Waals surface area contributed by atoms with Crippen LogP contribution in [0.2, 0.25) is 0 Å². The Bertz CT molecular complexity index is 4260. The first-order chi connectivity index (χ1) is 54.4. The van der Waals surface area contributed by atoms with Crippen LogP contribution in [0.3, 0.4) is 0 Å². The van der Waals surface area contributed by atoms with Crippen LogP contribution in [0.1, 0.15) is 107 Å². The number of hydrogen-bond acceptors (Lipinski definition) is 25. The normalized spacial score (nSPS) is 18.9. The van der Waals surface area contributed by atoms with Gasteiger partial charge in [-0.1, -0.05) is 55.9 Å². The number of carbonyl (C=O) groups excluding carboxylic acids is 15. The van der Waals surface area contributed by atoms with E-state index in [4.69, 9.17) is 27.7 Å². The predicted molar refractivity (Wildman–Crippen MR) is 416 cm³/mol. The number of aromatic nitrogens is 3. The molecule has 0 spiro atoms. The smallest absolute Gasteiger partial charge is 0.435 e. The molecule has 616 valence electrons. The third-order valence-corrected chi connectivity index (χ3v) is 18.4. The second-order valence-corrected chi connectivity index (χ2v) is 28.0. The summed E-state index contributed by atoms with van der Waals surface area (Å²) in [5, 5.41) is 60.8. The van der Waals surface area contributed by atoms with Crippen LogP contribution in [0.5, 0.6) is 0 Å². The molecule has 2 aromatic heterocycles. The van der Waals surface area contributed by atoms with Crippen LogP contribution in [0.4, 0.5) is 10.5 Å². The monoisotopic (exact) mass is 1600 g/mol. The summed E-state index contributed by atoms with van der Waals surface area (Å²) < 4.78 is 6.86. The number of nitrogens with zero attached hydrogens (tertiary/aromatic N) is 3. The van der Waals surface area contributed by atoms with Crippen molar-refractivity contribution in [2.75, 3.05) is 58.2 Å². The topological polar surface area (TPSA) is 609 Å². The van der Waals surface area contributed by atoms with Crippen molar-refractivity contribution in [3.63, 3.8) is 0 Å². The third-order valence-electron chi connectivity index (χ3n) is 17.3. The lowest BCUT2D eigenvalue weighted by Crippen LogP contribution is -2.61. The minimum absolute atomic E-state index is 0.0404. The Morgan fingerprint density at radius 1 is 0.658 bits per heavy atom. The molecule has 3 aromatic carbocycles. The van der Waals surface area contributed by atoms with E-state index < -0.39 is 182 Å². The van der Waals surface area contributed by atoms with E-state index >= 15 is 0 Å². The highest BCUT2D eigenvalue weighted by atomic mass is 32.2. The van der Waals surface area contributed by atoms with Gasteiger partial charge >= 0.3 is 6.09 Å². The van der Waals surface area contributed by atoms with Crippen LogP contribution in [-0.4, -0.2) is 233 Å². The van der Waals surface area contributed by atoms with Crippen LogP contribution in [0.25, 0.3) is 23.1 Å². The Hall–Kier alpha value is -11.8. The SMILES string of the molecule is CNC(=O)c1ccccc1Sc1ccc2c(/C=C/c3ccccn3)nn(C(=O)OCc3ccc(NC(=O)[C@H](C)NC(=O)CNC(=O)CC(=O)NC(C(=O)N[C@@H](CCN)C(=O)N[C@@H]4CCNC(=O)[C@@H]([C@H](C)O)NC(=O)[C@H](CCN)NC(=O)[C@H](CCN)NC(=O)[C@H](CC(C)C)NC(=O)CNC(=O)[C@H](CCN)NC4=O)[C@H](C)O)cc3)c2c1. The summed E-state index contributed by atoms with van der Waals surface area (Å²) in [6.07, 6.45) is -1.43. The predicted octanol–water partition coefficient (Wildman–Crippen LogP) is -4.04. The summed E-state index contributed by atoms with van der Waals surface area (Å²) in [6.45, 7) is 4.09. The molecule has 14 amide bonds. The standard InChI is InChI=1S/C74H101N21O18S/c1-39(2)33-55-71(109)89-51(23-28-76)67(105)88-53(25-30-78)70(108)93-62(41(4)96)72(110)81-32-26-54(69(107)87-50(22-27-75)66(104)83-37-61(101)86-55)90-68(106)52(24-29-77)91-73(111)63(42(5)97)92-59(99)35-58(98)82-36-60(100)84-40(3)64(102)85-45-16-14-43(15-17-45)38-113-74(112)95-56-34-46(114-57-13-8-7-12-48(57)65(103)79-6)19-20-47(56)49(94-95)21-18-44-11-9-10-31-80-44/h7-21,31,34,39-42,50-55,62-63,96-97H,22-30,32-33,35-38,75-78H2,1-6H3,(H,79,103)(H,81,110)(H,82,98)(H,83,104)(H,84,100)(H,85,102)(H,86,101)(H,87,107)(H,88,105)(H,89,109)(H,90,106)(H,91,111)(H,92,99)(H,93,108)/b21-18+/t40-,41-,42-,50-,51-,52-,53-,54+,55-,62+,63?/m0/s1. The van der Waals surface area contributed by atoms with Gasteiger partial charge in [0.15, 0.2) is 0 Å². The molecule has 39 nitrogen and oxygen atoms in total. The van der Waals surface area contributed by atoms with E-state index in [-0.39, 0.29) is 76.7 Å². The molecule has 40 heteroatoms. The molecule has 0 radical (unpaired) electrons. The van der Waals surface area contributed by atoms with Crippen molar-refractivity contribution >= 4 is 129 Å². The summed E-state index contributed by atoms with van der Waals surface area (Å²) in [6, 6.07) is 10.5. The molecule has 1 saturated heterocycles. The van der Waals surface area contributed by atoms with Gasteiger partial charge in [-0.2, -0.15) is 9.78 Å². The minimum Gasteiger partial charge on any atom is -0.443 e. The van der Waals surface area contributed by atoms with Crippen molar-refractivity contribution in [2.45, 2.75) is 163 Å². The Labute approximate surface area is 660 Å². The minimum atomic E-state index is -1.87. The van der Waals surface area contributed by atoms with Crippen LogP contribution in [0, 0.1) is 5.92 Å². The highest BCUT2D eigenvalue weighted by molar-refractivity contribution is 7.99. The largest absolute Gasteiger partial charge is 0.443 e. The summed E-state index contributed by atoms with van der Waals surface area (Å²) in [4.78, 5) is 209.